The molecule has 0 amide bonds. The minimum atomic E-state index is -0.397. The van der Waals surface area contributed by atoms with Crippen LogP contribution in [0, 0.1) is 5.41 Å². The lowest BCUT2D eigenvalue weighted by atomic mass is 9.90. The largest absolute Gasteiger partial charge is 0.396 e. The van der Waals surface area contributed by atoms with Crippen molar-refractivity contribution in [1.82, 2.24) is 4.90 Å². The highest BCUT2D eigenvalue weighted by atomic mass is 16.3. The SMILES string of the molecule is CC(CO)(CO)CN1CCc2ccccc2C1. The zero-order valence-electron chi connectivity index (χ0n) is 10.4. The lowest BCUT2D eigenvalue weighted by molar-refractivity contribution is 0.0312. The molecule has 0 unspecified atom stereocenters. The molecule has 0 radical (unpaired) electrons. The fraction of sp³-hybridized carbons (Fsp3) is 0.571. The Labute approximate surface area is 103 Å². The van der Waals surface area contributed by atoms with E-state index in [1.165, 1.54) is 11.1 Å². The number of aliphatic hydroxyl groups is 2. The lowest BCUT2D eigenvalue weighted by Crippen LogP contribution is -2.42. The number of hydrogen-bond donors (Lipinski definition) is 2. The Bertz CT molecular complexity index is 374. The number of benzene rings is 1. The Hall–Kier alpha value is -0.900. The fourth-order valence-corrected chi connectivity index (χ4v) is 2.38. The van der Waals surface area contributed by atoms with E-state index >= 15 is 0 Å². The van der Waals surface area contributed by atoms with Crippen LogP contribution in [0.1, 0.15) is 18.1 Å². The van der Waals surface area contributed by atoms with Crippen molar-refractivity contribution in [3.05, 3.63) is 35.4 Å². The summed E-state index contributed by atoms with van der Waals surface area (Å²) >= 11 is 0. The summed E-state index contributed by atoms with van der Waals surface area (Å²) < 4.78 is 0. The van der Waals surface area contributed by atoms with Crippen molar-refractivity contribution in [2.75, 3.05) is 26.3 Å². The average Bonchev–Trinajstić information content (AvgIpc) is 2.38. The summed E-state index contributed by atoms with van der Waals surface area (Å²) in [6.07, 6.45) is 1.06. The molecule has 1 aliphatic heterocycles. The molecule has 2 N–H and O–H groups in total. The Kier molecular flexibility index (Phi) is 3.82. The summed E-state index contributed by atoms with van der Waals surface area (Å²) in [6, 6.07) is 8.50. The van der Waals surface area contributed by atoms with E-state index in [-0.39, 0.29) is 13.2 Å². The van der Waals surface area contributed by atoms with Crippen LogP contribution in [0.3, 0.4) is 0 Å². The summed E-state index contributed by atoms with van der Waals surface area (Å²) in [6.45, 7) is 4.66. The molecule has 94 valence electrons. The maximum absolute atomic E-state index is 9.32. The van der Waals surface area contributed by atoms with E-state index in [2.05, 4.69) is 29.2 Å². The molecule has 0 spiro atoms. The van der Waals surface area contributed by atoms with Crippen LogP contribution in [-0.2, 0) is 13.0 Å². The third-order valence-corrected chi connectivity index (χ3v) is 3.58. The van der Waals surface area contributed by atoms with Crippen molar-refractivity contribution in [2.45, 2.75) is 19.9 Å². The summed E-state index contributed by atoms with van der Waals surface area (Å²) in [5.74, 6) is 0. The van der Waals surface area contributed by atoms with E-state index < -0.39 is 5.41 Å². The normalized spacial score (nSPS) is 16.9. The summed E-state index contributed by atoms with van der Waals surface area (Å²) in [7, 11) is 0. The van der Waals surface area contributed by atoms with Gasteiger partial charge in [0.15, 0.2) is 0 Å². The molecule has 0 atom stereocenters. The van der Waals surface area contributed by atoms with E-state index in [1.807, 2.05) is 6.92 Å². The van der Waals surface area contributed by atoms with Crippen molar-refractivity contribution < 1.29 is 10.2 Å². The second kappa shape index (κ2) is 5.17. The molecule has 0 fully saturated rings. The molecule has 0 aromatic heterocycles. The van der Waals surface area contributed by atoms with Crippen LogP contribution in [0.5, 0.6) is 0 Å². The first-order valence-electron chi connectivity index (χ1n) is 6.18. The molecule has 1 aliphatic rings. The lowest BCUT2D eigenvalue weighted by Gasteiger charge is -2.35. The van der Waals surface area contributed by atoms with Gasteiger partial charge in [-0.1, -0.05) is 31.2 Å². The molecule has 1 aromatic rings. The van der Waals surface area contributed by atoms with Gasteiger partial charge in [-0.25, -0.2) is 0 Å². The highest BCUT2D eigenvalue weighted by Gasteiger charge is 2.27. The van der Waals surface area contributed by atoms with Gasteiger partial charge in [0.1, 0.15) is 0 Å². The van der Waals surface area contributed by atoms with Gasteiger partial charge in [-0.05, 0) is 17.5 Å². The topological polar surface area (TPSA) is 43.7 Å². The molecule has 0 saturated carbocycles. The molecule has 0 bridgehead atoms. The standard InChI is InChI=1S/C14H21NO2/c1-14(10-16,11-17)9-15-7-6-12-4-2-3-5-13(12)8-15/h2-5,16-17H,6-11H2,1H3. The average molecular weight is 235 g/mol. The van der Waals surface area contributed by atoms with Crippen LogP contribution in [-0.4, -0.2) is 41.4 Å². The molecule has 0 aliphatic carbocycles. The van der Waals surface area contributed by atoms with E-state index in [1.54, 1.807) is 0 Å². The van der Waals surface area contributed by atoms with E-state index in [0.717, 1.165) is 26.1 Å². The molecule has 3 heteroatoms. The van der Waals surface area contributed by atoms with Crippen molar-refractivity contribution in [3.63, 3.8) is 0 Å². The summed E-state index contributed by atoms with van der Waals surface area (Å²) in [5, 5.41) is 18.6. The van der Waals surface area contributed by atoms with Gasteiger partial charge in [0, 0.05) is 25.0 Å². The first-order valence-corrected chi connectivity index (χ1v) is 6.18. The van der Waals surface area contributed by atoms with Gasteiger partial charge in [0.2, 0.25) is 0 Å². The number of fused-ring (bicyclic) bond motifs is 1. The second-order valence-electron chi connectivity index (χ2n) is 5.36. The van der Waals surface area contributed by atoms with Crippen LogP contribution in [0.25, 0.3) is 0 Å². The van der Waals surface area contributed by atoms with Gasteiger partial charge in [0.05, 0.1) is 13.2 Å². The molecule has 0 saturated heterocycles. The van der Waals surface area contributed by atoms with Gasteiger partial charge in [0.25, 0.3) is 0 Å². The van der Waals surface area contributed by atoms with Crippen LogP contribution in [0.4, 0.5) is 0 Å². The smallest absolute Gasteiger partial charge is 0.0519 e. The van der Waals surface area contributed by atoms with Gasteiger partial charge in [-0.2, -0.15) is 0 Å². The van der Waals surface area contributed by atoms with Gasteiger partial charge in [-0.3, -0.25) is 4.90 Å². The third kappa shape index (κ3) is 2.86. The monoisotopic (exact) mass is 235 g/mol. The third-order valence-electron chi connectivity index (χ3n) is 3.58. The Balaban J connectivity index is 2.03. The minimum absolute atomic E-state index is 0.0294. The molecular formula is C14H21NO2. The van der Waals surface area contributed by atoms with Crippen molar-refractivity contribution in [3.8, 4) is 0 Å². The predicted octanol–water partition coefficient (Wildman–Crippen LogP) is 1.04. The van der Waals surface area contributed by atoms with Crippen LogP contribution < -0.4 is 0 Å². The molecule has 17 heavy (non-hydrogen) atoms. The van der Waals surface area contributed by atoms with E-state index in [4.69, 9.17) is 0 Å². The Morgan fingerprint density at radius 2 is 1.82 bits per heavy atom. The minimum Gasteiger partial charge on any atom is -0.396 e. The van der Waals surface area contributed by atoms with Gasteiger partial charge < -0.3 is 10.2 Å². The molecule has 3 nitrogen and oxygen atoms in total. The number of hydrogen-bond acceptors (Lipinski definition) is 3. The summed E-state index contributed by atoms with van der Waals surface area (Å²) in [5.41, 5.74) is 2.40. The van der Waals surface area contributed by atoms with Gasteiger partial charge in [-0.15, -0.1) is 0 Å². The first-order chi connectivity index (χ1) is 8.17. The summed E-state index contributed by atoms with van der Waals surface area (Å²) in [4.78, 5) is 2.31. The van der Waals surface area contributed by atoms with Crippen LogP contribution in [0.2, 0.25) is 0 Å². The predicted molar refractivity (Wildman–Crippen MR) is 67.7 cm³/mol. The Morgan fingerprint density at radius 3 is 2.47 bits per heavy atom. The zero-order valence-corrected chi connectivity index (χ0v) is 10.4. The fourth-order valence-electron chi connectivity index (χ4n) is 2.38. The number of rotatable bonds is 4. The molecule has 1 heterocycles. The first kappa shape index (κ1) is 12.6. The van der Waals surface area contributed by atoms with Crippen molar-refractivity contribution >= 4 is 0 Å². The van der Waals surface area contributed by atoms with Crippen LogP contribution in [0.15, 0.2) is 24.3 Å². The number of nitrogens with zero attached hydrogens (tertiary/aromatic N) is 1. The van der Waals surface area contributed by atoms with Crippen LogP contribution >= 0.6 is 0 Å². The Morgan fingerprint density at radius 1 is 1.18 bits per heavy atom. The second-order valence-corrected chi connectivity index (χ2v) is 5.36. The molecule has 1 aromatic carbocycles. The maximum Gasteiger partial charge on any atom is 0.0519 e. The maximum atomic E-state index is 9.32. The van der Waals surface area contributed by atoms with Gasteiger partial charge >= 0.3 is 0 Å². The van der Waals surface area contributed by atoms with E-state index in [9.17, 15) is 10.2 Å². The highest BCUT2D eigenvalue weighted by molar-refractivity contribution is 5.29. The van der Waals surface area contributed by atoms with Crippen molar-refractivity contribution in [1.29, 1.82) is 0 Å². The highest BCUT2D eigenvalue weighted by Crippen LogP contribution is 2.23. The van der Waals surface area contributed by atoms with Crippen molar-refractivity contribution in [2.24, 2.45) is 5.41 Å². The zero-order chi connectivity index (χ0) is 12.3. The molecule has 2 rings (SSSR count). The molecular weight excluding hydrogens is 214 g/mol. The quantitative estimate of drug-likeness (QED) is 0.819. The number of aliphatic hydroxyl groups excluding tert-OH is 2. The van der Waals surface area contributed by atoms with E-state index in [0.29, 0.717) is 0 Å².